The van der Waals surface area contributed by atoms with Gasteiger partial charge < -0.3 is 20.3 Å². The molecule has 0 bridgehead atoms. The highest BCUT2D eigenvalue weighted by molar-refractivity contribution is 6.32. The molecule has 0 aliphatic carbocycles. The predicted molar refractivity (Wildman–Crippen MR) is 94.1 cm³/mol. The number of ether oxygens (including phenoxy) is 1. The molecule has 1 aliphatic rings. The van der Waals surface area contributed by atoms with Crippen molar-refractivity contribution in [1.82, 2.24) is 9.97 Å². The Bertz CT molecular complexity index is 717. The molecule has 126 valence electrons. The average molecular weight is 348 g/mol. The first kappa shape index (κ1) is 16.3. The van der Waals surface area contributed by atoms with Gasteiger partial charge in [0.05, 0.1) is 30.2 Å². The lowest BCUT2D eigenvalue weighted by Gasteiger charge is -2.15. The number of urea groups is 1. The van der Waals surface area contributed by atoms with E-state index in [0.29, 0.717) is 28.1 Å². The second-order valence-electron chi connectivity index (χ2n) is 5.39. The molecule has 1 saturated heterocycles. The number of nitrogens with one attached hydrogen (secondary N) is 2. The quantitative estimate of drug-likeness (QED) is 0.886. The van der Waals surface area contributed by atoms with Crippen LogP contribution in [0.15, 0.2) is 30.6 Å². The largest absolute Gasteiger partial charge is 0.495 e. The zero-order chi connectivity index (χ0) is 16.9. The molecule has 3 rings (SSSR count). The molecule has 0 radical (unpaired) electrons. The van der Waals surface area contributed by atoms with E-state index in [2.05, 4.69) is 25.5 Å². The third-order valence-electron chi connectivity index (χ3n) is 3.69. The maximum atomic E-state index is 12.0. The molecule has 0 atom stereocenters. The van der Waals surface area contributed by atoms with Gasteiger partial charge in [0.2, 0.25) is 5.95 Å². The number of hydrogen-bond acceptors (Lipinski definition) is 5. The molecule has 24 heavy (non-hydrogen) atoms. The van der Waals surface area contributed by atoms with E-state index in [1.807, 2.05) is 0 Å². The molecule has 1 aromatic carbocycles. The Morgan fingerprint density at radius 2 is 1.83 bits per heavy atom. The smallest absolute Gasteiger partial charge is 0.323 e. The number of methoxy groups -OCH3 is 1. The normalized spacial score (nSPS) is 13.7. The summed E-state index contributed by atoms with van der Waals surface area (Å²) in [5, 5.41) is 5.81. The van der Waals surface area contributed by atoms with Crippen LogP contribution < -0.4 is 20.3 Å². The van der Waals surface area contributed by atoms with Gasteiger partial charge in [-0.25, -0.2) is 14.8 Å². The summed E-state index contributed by atoms with van der Waals surface area (Å²) in [4.78, 5) is 22.7. The van der Waals surface area contributed by atoms with Gasteiger partial charge in [0.15, 0.2) is 0 Å². The van der Waals surface area contributed by atoms with Gasteiger partial charge in [-0.2, -0.15) is 0 Å². The highest BCUT2D eigenvalue weighted by Gasteiger charge is 2.14. The van der Waals surface area contributed by atoms with E-state index in [1.165, 1.54) is 7.11 Å². The molecule has 8 heteroatoms. The standard InChI is InChI=1S/C16H18ClN5O2/c1-24-14-5-4-11(8-13(14)17)20-16(23)21-12-9-18-15(19-10-12)22-6-2-3-7-22/h4-5,8-10H,2-3,6-7H2,1H3,(H2,20,21,23). The number of benzene rings is 1. The Morgan fingerprint density at radius 1 is 1.17 bits per heavy atom. The summed E-state index contributed by atoms with van der Waals surface area (Å²) < 4.78 is 5.07. The number of nitrogens with zero attached hydrogens (tertiary/aromatic N) is 3. The molecule has 1 aliphatic heterocycles. The van der Waals surface area contributed by atoms with Gasteiger partial charge in [0, 0.05) is 18.8 Å². The van der Waals surface area contributed by atoms with Crippen LogP contribution in [-0.4, -0.2) is 36.2 Å². The fourth-order valence-electron chi connectivity index (χ4n) is 2.50. The first-order valence-electron chi connectivity index (χ1n) is 7.64. The second-order valence-corrected chi connectivity index (χ2v) is 5.80. The minimum atomic E-state index is -0.395. The van der Waals surface area contributed by atoms with Gasteiger partial charge >= 0.3 is 6.03 Å². The Morgan fingerprint density at radius 3 is 2.46 bits per heavy atom. The molecule has 2 aromatic rings. The second kappa shape index (κ2) is 7.35. The van der Waals surface area contributed by atoms with Crippen LogP contribution in [0.2, 0.25) is 5.02 Å². The number of hydrogen-bond donors (Lipinski definition) is 2. The van der Waals surface area contributed by atoms with Crippen molar-refractivity contribution in [3.63, 3.8) is 0 Å². The van der Waals surface area contributed by atoms with Gasteiger partial charge in [-0.1, -0.05) is 11.6 Å². The van der Waals surface area contributed by atoms with Crippen LogP contribution in [0.25, 0.3) is 0 Å². The van der Waals surface area contributed by atoms with Crippen molar-refractivity contribution in [3.8, 4) is 5.75 Å². The van der Waals surface area contributed by atoms with Crippen molar-refractivity contribution in [2.45, 2.75) is 12.8 Å². The summed E-state index contributed by atoms with van der Waals surface area (Å²) in [5.74, 6) is 1.24. The van der Waals surface area contributed by atoms with Gasteiger partial charge in [0.1, 0.15) is 5.75 Å². The van der Waals surface area contributed by atoms with Crippen LogP contribution in [0.5, 0.6) is 5.75 Å². The molecule has 1 aromatic heterocycles. The maximum Gasteiger partial charge on any atom is 0.323 e. The summed E-state index contributed by atoms with van der Waals surface area (Å²) in [6.45, 7) is 1.96. The fourth-order valence-corrected chi connectivity index (χ4v) is 2.76. The van der Waals surface area contributed by atoms with Gasteiger partial charge in [-0.15, -0.1) is 0 Å². The minimum absolute atomic E-state index is 0.395. The lowest BCUT2D eigenvalue weighted by molar-refractivity contribution is 0.262. The molecule has 2 amide bonds. The van der Waals surface area contributed by atoms with Crippen molar-refractivity contribution < 1.29 is 9.53 Å². The van der Waals surface area contributed by atoms with Crippen LogP contribution in [0.1, 0.15) is 12.8 Å². The molecule has 1 fully saturated rings. The first-order chi connectivity index (χ1) is 11.7. The van der Waals surface area contributed by atoms with Gasteiger partial charge in [-0.05, 0) is 31.0 Å². The van der Waals surface area contributed by atoms with Crippen LogP contribution >= 0.6 is 11.6 Å². The molecule has 0 spiro atoms. The Kier molecular flexibility index (Phi) is 5.00. The Balaban J connectivity index is 1.59. The minimum Gasteiger partial charge on any atom is -0.495 e. The lowest BCUT2D eigenvalue weighted by atomic mass is 10.3. The van der Waals surface area contributed by atoms with E-state index >= 15 is 0 Å². The van der Waals surface area contributed by atoms with Crippen molar-refractivity contribution in [3.05, 3.63) is 35.6 Å². The van der Waals surface area contributed by atoms with Gasteiger partial charge in [0.25, 0.3) is 0 Å². The average Bonchev–Trinajstić information content (AvgIpc) is 3.10. The summed E-state index contributed by atoms with van der Waals surface area (Å²) >= 11 is 6.03. The van der Waals surface area contributed by atoms with E-state index in [4.69, 9.17) is 16.3 Å². The zero-order valence-corrected chi connectivity index (χ0v) is 14.0. The summed E-state index contributed by atoms with van der Waals surface area (Å²) in [7, 11) is 1.53. The highest BCUT2D eigenvalue weighted by Crippen LogP contribution is 2.27. The van der Waals surface area contributed by atoms with Crippen molar-refractivity contribution in [2.24, 2.45) is 0 Å². The highest BCUT2D eigenvalue weighted by atomic mass is 35.5. The lowest BCUT2D eigenvalue weighted by Crippen LogP contribution is -2.22. The Labute approximate surface area is 145 Å². The SMILES string of the molecule is COc1ccc(NC(=O)Nc2cnc(N3CCCC3)nc2)cc1Cl. The zero-order valence-electron chi connectivity index (χ0n) is 13.3. The number of anilines is 3. The summed E-state index contributed by atoms with van der Waals surface area (Å²) in [5.41, 5.74) is 1.09. The first-order valence-corrected chi connectivity index (χ1v) is 8.02. The van der Waals surface area contributed by atoms with E-state index < -0.39 is 6.03 Å². The maximum absolute atomic E-state index is 12.0. The van der Waals surface area contributed by atoms with Crippen LogP contribution in [0, 0.1) is 0 Å². The predicted octanol–water partition coefficient (Wildman–Crippen LogP) is 3.38. The molecule has 2 N–H and O–H groups in total. The summed E-state index contributed by atoms with van der Waals surface area (Å²) in [6.07, 6.45) is 5.52. The van der Waals surface area contributed by atoms with Crippen LogP contribution in [-0.2, 0) is 0 Å². The molecule has 0 unspecified atom stereocenters. The van der Waals surface area contributed by atoms with E-state index in [9.17, 15) is 4.79 Å². The van der Waals surface area contributed by atoms with Crippen molar-refractivity contribution >= 4 is 35.0 Å². The van der Waals surface area contributed by atoms with Crippen molar-refractivity contribution in [2.75, 3.05) is 35.7 Å². The molecular weight excluding hydrogens is 330 g/mol. The molecule has 2 heterocycles. The monoisotopic (exact) mass is 347 g/mol. The van der Waals surface area contributed by atoms with E-state index in [-0.39, 0.29) is 0 Å². The Hall–Kier alpha value is -2.54. The van der Waals surface area contributed by atoms with Crippen LogP contribution in [0.4, 0.5) is 22.1 Å². The topological polar surface area (TPSA) is 79.4 Å². The molecule has 0 saturated carbocycles. The number of aromatic nitrogens is 2. The number of amides is 2. The fraction of sp³-hybridized carbons (Fsp3) is 0.312. The number of carbonyl (C=O) groups is 1. The number of carbonyl (C=O) groups excluding carboxylic acids is 1. The van der Waals surface area contributed by atoms with E-state index in [0.717, 1.165) is 25.9 Å². The van der Waals surface area contributed by atoms with Gasteiger partial charge in [-0.3, -0.25) is 0 Å². The van der Waals surface area contributed by atoms with Crippen LogP contribution in [0.3, 0.4) is 0 Å². The van der Waals surface area contributed by atoms with Crippen molar-refractivity contribution in [1.29, 1.82) is 0 Å². The van der Waals surface area contributed by atoms with E-state index in [1.54, 1.807) is 30.6 Å². The summed E-state index contributed by atoms with van der Waals surface area (Å²) in [6, 6.07) is 4.62. The third-order valence-corrected chi connectivity index (χ3v) is 3.99. The molecule has 7 nitrogen and oxygen atoms in total. The molecular formula is C16H18ClN5O2. The number of rotatable bonds is 4. The number of halogens is 1. The third kappa shape index (κ3) is 3.86.